The second kappa shape index (κ2) is 7.22. The van der Waals surface area contributed by atoms with E-state index in [1.807, 2.05) is 0 Å². The van der Waals surface area contributed by atoms with Crippen LogP contribution in [0, 0.1) is 0 Å². The third kappa shape index (κ3) is 4.25. The Hall–Kier alpha value is -1.79. The van der Waals surface area contributed by atoms with E-state index in [1.54, 1.807) is 0 Å². The molecule has 6 N–H and O–H groups in total. The minimum atomic E-state index is -5.10. The molecule has 0 aromatic carbocycles. The molecule has 2 amide bonds. The molecule has 13 heteroatoms. The number of carboxylic acid groups (broad SMARTS) is 1. The van der Waals surface area contributed by atoms with Crippen LogP contribution < -0.4 is 5.32 Å². The summed E-state index contributed by atoms with van der Waals surface area (Å²) in [6.45, 7) is 2.78. The van der Waals surface area contributed by atoms with Crippen LogP contribution in [0.4, 0.5) is 4.79 Å². The van der Waals surface area contributed by atoms with E-state index < -0.39 is 56.6 Å². The van der Waals surface area contributed by atoms with Gasteiger partial charge in [-0.25, -0.2) is 9.59 Å². The lowest BCUT2D eigenvalue weighted by Crippen LogP contribution is -2.49. The van der Waals surface area contributed by atoms with Crippen LogP contribution in [-0.2, 0) is 18.8 Å². The molecule has 0 aromatic heterocycles. The lowest BCUT2D eigenvalue weighted by atomic mass is 10.1. The molecule has 0 aliphatic carbocycles. The lowest BCUT2D eigenvalue weighted by molar-refractivity contribution is -0.149. The Kier molecular flexibility index (Phi) is 5.64. The van der Waals surface area contributed by atoms with Gasteiger partial charge in [-0.3, -0.25) is 9.46 Å². The number of urea groups is 1. The Balaban J connectivity index is 2.06. The molecule has 0 spiro atoms. The number of carbonyl (C=O) groups is 2. The Bertz CT molecular complexity index is 646. The van der Waals surface area contributed by atoms with Crippen molar-refractivity contribution < 1.29 is 48.7 Å². The second-order valence-corrected chi connectivity index (χ2v) is 6.98. The van der Waals surface area contributed by atoms with Gasteiger partial charge in [0.05, 0.1) is 6.61 Å². The molecular weight excluding hydrogens is 363 g/mol. The SMILES string of the molecule is C=C1C=CN(C2OC(COC(C(=O)O)P(=O)(O)O)C(O)C2O)C(=O)N1. The van der Waals surface area contributed by atoms with Gasteiger partial charge in [-0.15, -0.1) is 0 Å². The molecular formula is C12H17N2O10P. The predicted molar refractivity (Wildman–Crippen MR) is 78.7 cm³/mol. The summed E-state index contributed by atoms with van der Waals surface area (Å²) in [5.41, 5.74) is 0.306. The van der Waals surface area contributed by atoms with Crippen LogP contribution in [0.2, 0.25) is 0 Å². The van der Waals surface area contributed by atoms with Gasteiger partial charge in [0.2, 0.25) is 0 Å². The number of allylic oxidation sites excluding steroid dienone is 1. The van der Waals surface area contributed by atoms with Crippen LogP contribution in [0.25, 0.3) is 0 Å². The number of aliphatic carboxylic acids is 1. The predicted octanol–water partition coefficient (Wildman–Crippen LogP) is -1.91. The molecule has 25 heavy (non-hydrogen) atoms. The van der Waals surface area contributed by atoms with Crippen molar-refractivity contribution in [2.75, 3.05) is 6.61 Å². The number of hydrogen-bond acceptors (Lipinski definition) is 7. The zero-order valence-corrected chi connectivity index (χ0v) is 13.5. The maximum absolute atomic E-state index is 11.9. The maximum atomic E-state index is 11.9. The number of rotatable bonds is 6. The van der Waals surface area contributed by atoms with E-state index >= 15 is 0 Å². The molecule has 2 aliphatic heterocycles. The van der Waals surface area contributed by atoms with E-state index in [2.05, 4.69) is 16.6 Å². The van der Waals surface area contributed by atoms with Gasteiger partial charge in [-0.1, -0.05) is 6.58 Å². The van der Waals surface area contributed by atoms with Crippen molar-refractivity contribution in [3.05, 3.63) is 24.6 Å². The minimum Gasteiger partial charge on any atom is -0.479 e. The van der Waals surface area contributed by atoms with Crippen LogP contribution >= 0.6 is 7.60 Å². The largest absolute Gasteiger partial charge is 0.479 e. The number of nitrogens with one attached hydrogen (secondary N) is 1. The van der Waals surface area contributed by atoms with E-state index in [9.17, 15) is 24.4 Å². The highest BCUT2D eigenvalue weighted by Gasteiger charge is 2.48. The van der Waals surface area contributed by atoms with E-state index in [0.29, 0.717) is 5.70 Å². The molecule has 1 saturated heterocycles. The number of aliphatic hydroxyl groups excluding tert-OH is 2. The van der Waals surface area contributed by atoms with Gasteiger partial charge in [-0.05, 0) is 6.08 Å². The first kappa shape index (κ1) is 19.5. The van der Waals surface area contributed by atoms with Crippen molar-refractivity contribution in [3.63, 3.8) is 0 Å². The highest BCUT2D eigenvalue weighted by molar-refractivity contribution is 7.53. The summed E-state index contributed by atoms with van der Waals surface area (Å²) in [4.78, 5) is 41.5. The fraction of sp³-hybridized carbons (Fsp3) is 0.500. The maximum Gasteiger partial charge on any atom is 0.365 e. The van der Waals surface area contributed by atoms with Crippen molar-refractivity contribution in [2.45, 2.75) is 30.4 Å². The van der Waals surface area contributed by atoms with Gasteiger partial charge < -0.3 is 39.9 Å². The summed E-state index contributed by atoms with van der Waals surface area (Å²) >= 11 is 0. The summed E-state index contributed by atoms with van der Waals surface area (Å²) in [7, 11) is -5.10. The van der Waals surface area contributed by atoms with Crippen LogP contribution in [0.15, 0.2) is 24.6 Å². The van der Waals surface area contributed by atoms with E-state index in [1.165, 1.54) is 12.3 Å². The number of nitrogens with zero attached hydrogens (tertiary/aromatic N) is 1. The first-order chi connectivity index (χ1) is 11.5. The Labute approximate surface area is 141 Å². The molecule has 1 fully saturated rings. The van der Waals surface area contributed by atoms with Crippen LogP contribution in [0.3, 0.4) is 0 Å². The van der Waals surface area contributed by atoms with Crippen molar-refractivity contribution in [2.24, 2.45) is 0 Å². The molecule has 12 nitrogen and oxygen atoms in total. The highest BCUT2D eigenvalue weighted by Crippen LogP contribution is 2.42. The molecule has 2 aliphatic rings. The molecule has 2 heterocycles. The summed E-state index contributed by atoms with van der Waals surface area (Å²) in [5.74, 6) is -4.34. The molecule has 5 atom stereocenters. The molecule has 0 bridgehead atoms. The lowest BCUT2D eigenvalue weighted by Gasteiger charge is -2.30. The van der Waals surface area contributed by atoms with Crippen molar-refractivity contribution >= 4 is 19.6 Å². The third-order valence-corrected chi connectivity index (χ3v) is 4.47. The smallest absolute Gasteiger partial charge is 0.365 e. The van der Waals surface area contributed by atoms with Crippen LogP contribution in [-0.4, -0.2) is 79.0 Å². The summed E-state index contributed by atoms with van der Waals surface area (Å²) in [6, 6.07) is -0.677. The average Bonchev–Trinajstić information content (AvgIpc) is 2.74. The second-order valence-electron chi connectivity index (χ2n) is 5.34. The van der Waals surface area contributed by atoms with Crippen LogP contribution in [0.1, 0.15) is 0 Å². The highest BCUT2D eigenvalue weighted by atomic mass is 31.2. The van der Waals surface area contributed by atoms with Crippen LogP contribution in [0.5, 0.6) is 0 Å². The molecule has 0 radical (unpaired) electrons. The van der Waals surface area contributed by atoms with Gasteiger partial charge in [0.1, 0.15) is 18.3 Å². The Morgan fingerprint density at radius 2 is 2.08 bits per heavy atom. The van der Waals surface area contributed by atoms with Crippen molar-refractivity contribution in [1.82, 2.24) is 10.2 Å². The minimum absolute atomic E-state index is 0.306. The number of ether oxygens (including phenoxy) is 2. The number of aliphatic hydroxyl groups is 2. The number of amides is 2. The molecule has 2 rings (SSSR count). The number of hydrogen-bond donors (Lipinski definition) is 6. The van der Waals surface area contributed by atoms with Crippen molar-refractivity contribution in [1.29, 1.82) is 0 Å². The molecule has 5 unspecified atom stereocenters. The van der Waals surface area contributed by atoms with E-state index in [-0.39, 0.29) is 0 Å². The fourth-order valence-corrected chi connectivity index (χ4v) is 2.84. The first-order valence-electron chi connectivity index (χ1n) is 6.90. The zero-order chi connectivity index (χ0) is 18.9. The number of carboxylic acids is 1. The number of carbonyl (C=O) groups excluding carboxylic acids is 1. The summed E-state index contributed by atoms with van der Waals surface area (Å²) in [5, 5.41) is 31.1. The zero-order valence-electron chi connectivity index (χ0n) is 12.6. The van der Waals surface area contributed by atoms with Gasteiger partial charge in [0.15, 0.2) is 6.23 Å². The monoisotopic (exact) mass is 380 g/mol. The van der Waals surface area contributed by atoms with Gasteiger partial charge in [0.25, 0.3) is 5.85 Å². The first-order valence-corrected chi connectivity index (χ1v) is 8.58. The van der Waals surface area contributed by atoms with Gasteiger partial charge in [0, 0.05) is 11.9 Å². The summed E-state index contributed by atoms with van der Waals surface area (Å²) < 4.78 is 21.0. The average molecular weight is 380 g/mol. The fourth-order valence-electron chi connectivity index (χ4n) is 2.28. The molecule has 140 valence electrons. The van der Waals surface area contributed by atoms with Gasteiger partial charge in [-0.2, -0.15) is 0 Å². The van der Waals surface area contributed by atoms with E-state index in [4.69, 9.17) is 19.6 Å². The van der Waals surface area contributed by atoms with E-state index in [0.717, 1.165) is 4.90 Å². The Morgan fingerprint density at radius 3 is 2.60 bits per heavy atom. The normalized spacial score (nSPS) is 31.1. The summed E-state index contributed by atoms with van der Waals surface area (Å²) in [6.07, 6.45) is -3.09. The quantitative estimate of drug-likeness (QED) is 0.284. The standard InChI is InChI=1S/C12H17N2O10P/c1-5-2-3-14(12(19)13-5)9-8(16)7(15)6(24-9)4-23-11(10(17)18)25(20,21)22/h2-3,6-9,11,15-16H,1,4H2,(H,13,19)(H,17,18)(H2,20,21,22). The van der Waals surface area contributed by atoms with Gasteiger partial charge >= 0.3 is 19.6 Å². The Morgan fingerprint density at radius 1 is 1.44 bits per heavy atom. The molecule has 0 saturated carbocycles. The third-order valence-electron chi connectivity index (χ3n) is 3.48. The topological polar surface area (TPSA) is 186 Å². The molecule has 0 aromatic rings. The van der Waals surface area contributed by atoms with Crippen molar-refractivity contribution in [3.8, 4) is 0 Å².